The molecule has 45 heavy (non-hydrogen) atoms. The summed E-state index contributed by atoms with van der Waals surface area (Å²) in [7, 11) is -2.14. The zero-order chi connectivity index (χ0) is 32.1. The zero-order valence-corrected chi connectivity index (χ0v) is 26.9. The summed E-state index contributed by atoms with van der Waals surface area (Å²) in [6.07, 6.45) is 5.49. The molecule has 7 atom stereocenters. The lowest BCUT2D eigenvalue weighted by atomic mass is 9.80. The van der Waals surface area contributed by atoms with Gasteiger partial charge in [0.2, 0.25) is 15.9 Å². The van der Waals surface area contributed by atoms with Gasteiger partial charge < -0.3 is 20.7 Å². The van der Waals surface area contributed by atoms with Gasteiger partial charge in [-0.25, -0.2) is 22.0 Å². The minimum atomic E-state index is -3.31. The Morgan fingerprint density at radius 2 is 1.73 bits per heavy atom. The number of amides is 2. The number of halogens is 3. The van der Waals surface area contributed by atoms with Gasteiger partial charge in [-0.3, -0.25) is 4.79 Å². The van der Waals surface area contributed by atoms with Crippen LogP contribution < -0.4 is 16.0 Å². The second-order valence-electron chi connectivity index (χ2n) is 12.4. The molecule has 0 aromatic heterocycles. The van der Waals surface area contributed by atoms with Gasteiger partial charge >= 0.3 is 6.09 Å². The minimum Gasteiger partial charge on any atom is -0.453 e. The quantitative estimate of drug-likeness (QED) is 0.358. The van der Waals surface area contributed by atoms with Crippen LogP contribution in [0, 0.1) is 17.6 Å². The number of nitrogens with zero attached hydrogens (tertiary/aromatic N) is 1. The number of rotatable bonds is 9. The first-order valence-corrected chi connectivity index (χ1v) is 17.6. The Hall–Kier alpha value is -2.80. The van der Waals surface area contributed by atoms with Crippen molar-refractivity contribution in [1.82, 2.24) is 20.3 Å². The summed E-state index contributed by atoms with van der Waals surface area (Å²) in [5, 5.41) is 9.71. The molecule has 2 heterocycles. The summed E-state index contributed by atoms with van der Waals surface area (Å²) in [5.41, 5.74) is 0.677. The fourth-order valence-electron chi connectivity index (χ4n) is 7.16. The molecular weight excluding hydrogens is 626 g/mol. The molecule has 2 aliphatic heterocycles. The van der Waals surface area contributed by atoms with Crippen LogP contribution >= 0.6 is 11.6 Å². The van der Waals surface area contributed by atoms with Crippen LogP contribution in [0.15, 0.2) is 42.5 Å². The second-order valence-corrected chi connectivity index (χ2v) is 14.8. The SMILES string of the molecule is COC(=O)NC(C(=O)NC1CCCCC1CCC1CNC2CCCS(=O)(=O)N1C2)C(c1ccc(Cl)cc1)c1cc(F)cc(F)c1. The van der Waals surface area contributed by atoms with Gasteiger partial charge in [0.1, 0.15) is 17.7 Å². The van der Waals surface area contributed by atoms with Crippen LogP contribution in [-0.2, 0) is 19.6 Å². The molecule has 0 radical (unpaired) electrons. The number of fused-ring (bicyclic) bond motifs is 2. The third kappa shape index (κ3) is 8.33. The molecule has 3 N–H and O–H groups in total. The Bertz CT molecular complexity index is 1440. The highest BCUT2D eigenvalue weighted by atomic mass is 35.5. The van der Waals surface area contributed by atoms with E-state index in [1.165, 1.54) is 7.11 Å². The predicted molar refractivity (Wildman–Crippen MR) is 167 cm³/mol. The van der Waals surface area contributed by atoms with Crippen LogP contribution in [0.2, 0.25) is 5.02 Å². The Morgan fingerprint density at radius 1 is 1.02 bits per heavy atom. The molecule has 9 nitrogen and oxygen atoms in total. The van der Waals surface area contributed by atoms with Crippen LogP contribution in [-0.4, -0.2) is 74.8 Å². The van der Waals surface area contributed by atoms with E-state index < -0.39 is 45.6 Å². The van der Waals surface area contributed by atoms with Crippen LogP contribution in [0.25, 0.3) is 0 Å². The lowest BCUT2D eigenvalue weighted by Gasteiger charge is -2.39. The second kappa shape index (κ2) is 14.7. The maximum atomic E-state index is 14.5. The number of methoxy groups -OCH3 is 1. The summed E-state index contributed by atoms with van der Waals surface area (Å²) in [6, 6.07) is 8.08. The third-order valence-electron chi connectivity index (χ3n) is 9.42. The Labute approximate surface area is 268 Å². The average molecular weight is 667 g/mol. The lowest BCUT2D eigenvalue weighted by molar-refractivity contribution is -0.124. The van der Waals surface area contributed by atoms with Crippen LogP contribution in [0.4, 0.5) is 13.6 Å². The monoisotopic (exact) mass is 666 g/mol. The summed E-state index contributed by atoms with van der Waals surface area (Å²) in [5.74, 6) is -2.86. The van der Waals surface area contributed by atoms with Crippen LogP contribution in [0.1, 0.15) is 68.4 Å². The van der Waals surface area contributed by atoms with Crippen molar-refractivity contribution in [3.63, 3.8) is 0 Å². The molecule has 2 bridgehead atoms. The molecule has 5 rings (SSSR count). The molecule has 2 amide bonds. The highest BCUT2D eigenvalue weighted by molar-refractivity contribution is 7.89. The molecule has 2 aromatic rings. The molecule has 2 aromatic carbocycles. The van der Waals surface area contributed by atoms with E-state index >= 15 is 0 Å². The molecule has 13 heteroatoms. The molecule has 1 saturated carbocycles. The maximum absolute atomic E-state index is 14.5. The Kier molecular flexibility index (Phi) is 11.0. The fourth-order valence-corrected chi connectivity index (χ4v) is 9.09. The van der Waals surface area contributed by atoms with E-state index in [0.29, 0.717) is 42.9 Å². The van der Waals surface area contributed by atoms with E-state index in [2.05, 4.69) is 16.0 Å². The first kappa shape index (κ1) is 33.6. The first-order chi connectivity index (χ1) is 21.5. The van der Waals surface area contributed by atoms with E-state index in [9.17, 15) is 26.8 Å². The molecule has 0 spiro atoms. The molecule has 3 aliphatic rings. The smallest absolute Gasteiger partial charge is 0.407 e. The number of hydrogen-bond acceptors (Lipinski definition) is 6. The summed E-state index contributed by atoms with van der Waals surface area (Å²) in [6.45, 7) is 1.09. The number of nitrogens with one attached hydrogen (secondary N) is 3. The predicted octanol–water partition coefficient (Wildman–Crippen LogP) is 4.70. The molecule has 246 valence electrons. The van der Waals surface area contributed by atoms with E-state index in [1.807, 2.05) is 0 Å². The van der Waals surface area contributed by atoms with E-state index in [-0.39, 0.29) is 35.4 Å². The van der Waals surface area contributed by atoms with Crippen molar-refractivity contribution in [2.75, 3.05) is 26.0 Å². The zero-order valence-electron chi connectivity index (χ0n) is 25.3. The van der Waals surface area contributed by atoms with Gasteiger partial charge in [-0.1, -0.05) is 36.6 Å². The number of hydrogen-bond donors (Lipinski definition) is 3. The third-order valence-corrected chi connectivity index (χ3v) is 11.6. The van der Waals surface area contributed by atoms with E-state index in [1.54, 1.807) is 28.6 Å². The molecule has 2 saturated heterocycles. The topological polar surface area (TPSA) is 117 Å². The van der Waals surface area contributed by atoms with Crippen molar-refractivity contribution in [2.45, 2.75) is 81.5 Å². The number of carbonyl (C=O) groups excluding carboxylic acids is 2. The van der Waals surface area contributed by atoms with Gasteiger partial charge in [-0.05, 0) is 79.8 Å². The van der Waals surface area contributed by atoms with E-state index in [0.717, 1.165) is 50.3 Å². The Morgan fingerprint density at radius 3 is 2.44 bits per heavy atom. The number of sulfonamides is 1. The number of alkyl carbamates (subject to hydrolysis) is 1. The highest BCUT2D eigenvalue weighted by Crippen LogP contribution is 2.34. The van der Waals surface area contributed by atoms with Gasteiger partial charge in [0, 0.05) is 48.2 Å². The molecule has 7 unspecified atom stereocenters. The van der Waals surface area contributed by atoms with Gasteiger partial charge in [0.05, 0.1) is 12.9 Å². The highest BCUT2D eigenvalue weighted by Gasteiger charge is 2.40. The summed E-state index contributed by atoms with van der Waals surface area (Å²) >= 11 is 6.12. The summed E-state index contributed by atoms with van der Waals surface area (Å²) < 4.78 is 61.4. The van der Waals surface area contributed by atoms with Crippen molar-refractivity contribution >= 4 is 33.6 Å². The fraction of sp³-hybridized carbons (Fsp3) is 0.562. The van der Waals surface area contributed by atoms with Gasteiger partial charge in [0.15, 0.2) is 0 Å². The molecular formula is C32H41ClF2N4O5S. The van der Waals surface area contributed by atoms with E-state index in [4.69, 9.17) is 16.3 Å². The van der Waals surface area contributed by atoms with Crippen molar-refractivity contribution < 1.29 is 31.5 Å². The first-order valence-electron chi connectivity index (χ1n) is 15.6. The van der Waals surface area contributed by atoms with Gasteiger partial charge in [-0.2, -0.15) is 4.31 Å². The van der Waals surface area contributed by atoms with Crippen molar-refractivity contribution in [3.8, 4) is 0 Å². The van der Waals surface area contributed by atoms with Crippen LogP contribution in [0.5, 0.6) is 0 Å². The normalized spacial score (nSPS) is 27.4. The molecule has 3 fully saturated rings. The van der Waals surface area contributed by atoms with Gasteiger partial charge in [-0.15, -0.1) is 0 Å². The largest absolute Gasteiger partial charge is 0.453 e. The van der Waals surface area contributed by atoms with Crippen molar-refractivity contribution in [3.05, 3.63) is 70.2 Å². The summed E-state index contributed by atoms with van der Waals surface area (Å²) in [4.78, 5) is 26.6. The maximum Gasteiger partial charge on any atom is 0.407 e. The average Bonchev–Trinajstić information content (AvgIpc) is 3.12. The standard InChI is InChI=1S/C32H41ClF2N4O5S/c1-44-32(41)38-30(29(21-8-11-23(33)12-9-21)22-15-24(34)17-25(35)16-22)31(40)37-28-7-3-2-5-20(28)10-13-27-18-36-26-6-4-14-45(42,43)39(27)19-26/h8-9,11-12,15-17,20,26-30,36H,2-7,10,13-14,18-19H2,1H3,(H,37,40)(H,38,41). The lowest BCUT2D eigenvalue weighted by Crippen LogP contribution is -2.57. The number of ether oxygens (including phenoxy) is 1. The minimum absolute atomic E-state index is 0.0921. The van der Waals surface area contributed by atoms with Crippen molar-refractivity contribution in [2.24, 2.45) is 5.92 Å². The Balaban J connectivity index is 1.37. The van der Waals surface area contributed by atoms with Crippen molar-refractivity contribution in [1.29, 1.82) is 0 Å². The number of piperazine rings is 1. The van der Waals surface area contributed by atoms with Crippen LogP contribution in [0.3, 0.4) is 0 Å². The number of benzene rings is 2. The van der Waals surface area contributed by atoms with Gasteiger partial charge in [0.25, 0.3) is 0 Å². The molecule has 1 aliphatic carbocycles. The number of carbonyl (C=O) groups is 2.